The quantitative estimate of drug-likeness (QED) is 0.322. The second-order valence-electron chi connectivity index (χ2n) is 8.66. The van der Waals surface area contributed by atoms with Gasteiger partial charge in [-0.05, 0) is 55.3 Å². The molecule has 4 aromatic rings. The summed E-state index contributed by atoms with van der Waals surface area (Å²) in [6.45, 7) is 3.75. The van der Waals surface area contributed by atoms with E-state index in [1.807, 2.05) is 49.4 Å². The minimum atomic E-state index is -0.667. The molecule has 1 aliphatic heterocycles. The maximum Gasteiger partial charge on any atom is 0.271 e. The number of hydrogen-bond donors (Lipinski definition) is 1. The van der Waals surface area contributed by atoms with Gasteiger partial charge in [-0.1, -0.05) is 59.4 Å². The van der Waals surface area contributed by atoms with Crippen molar-refractivity contribution in [3.05, 3.63) is 137 Å². The van der Waals surface area contributed by atoms with Crippen molar-refractivity contribution in [3.63, 3.8) is 0 Å². The normalized spacial score (nSPS) is 15.2. The van der Waals surface area contributed by atoms with Gasteiger partial charge < -0.3 is 5.32 Å². The van der Waals surface area contributed by atoms with E-state index in [1.54, 1.807) is 41.8 Å². The Kier molecular flexibility index (Phi) is 6.37. The third kappa shape index (κ3) is 4.76. The Balaban J connectivity index is 1.64. The topological polar surface area (TPSA) is 107 Å². The Labute approximate surface area is 215 Å². The van der Waals surface area contributed by atoms with Crippen LogP contribution in [0.2, 0.25) is 0 Å². The Morgan fingerprint density at radius 1 is 1.03 bits per heavy atom. The SMILES string of the molecule is CC1=C(C(=O)Nc2ccccc2)[C@H](c2ccc(C)cc2)n2c(s/c(=C/c3ccc([N+](=O)[O-])cc3)c2=O)=N1. The van der Waals surface area contributed by atoms with Crippen molar-refractivity contribution in [1.29, 1.82) is 0 Å². The number of non-ortho nitro benzene ring substituents is 1. The van der Waals surface area contributed by atoms with E-state index in [9.17, 15) is 19.7 Å². The summed E-state index contributed by atoms with van der Waals surface area (Å²) in [6.07, 6.45) is 1.68. The van der Waals surface area contributed by atoms with Crippen LogP contribution in [-0.4, -0.2) is 15.4 Å². The van der Waals surface area contributed by atoms with Gasteiger partial charge >= 0.3 is 0 Å². The van der Waals surface area contributed by atoms with Gasteiger partial charge in [0.1, 0.15) is 0 Å². The zero-order valence-electron chi connectivity index (χ0n) is 20.0. The maximum atomic E-state index is 13.7. The van der Waals surface area contributed by atoms with Gasteiger partial charge in [0.2, 0.25) is 0 Å². The summed E-state index contributed by atoms with van der Waals surface area (Å²) in [4.78, 5) is 42.9. The number of rotatable bonds is 5. The molecule has 5 rings (SSSR count). The fourth-order valence-electron chi connectivity index (χ4n) is 4.24. The van der Waals surface area contributed by atoms with Crippen LogP contribution in [0.5, 0.6) is 0 Å². The van der Waals surface area contributed by atoms with Gasteiger partial charge in [-0.25, -0.2) is 4.99 Å². The molecule has 0 saturated carbocycles. The molecule has 0 saturated heterocycles. The molecule has 0 bridgehead atoms. The average Bonchev–Trinajstić information content (AvgIpc) is 3.18. The Hall–Kier alpha value is -4.63. The fraction of sp³-hybridized carbons (Fsp3) is 0.107. The molecule has 1 aromatic heterocycles. The van der Waals surface area contributed by atoms with Crippen LogP contribution in [0.15, 0.2) is 99.9 Å². The Bertz CT molecular complexity index is 1720. The van der Waals surface area contributed by atoms with Crippen LogP contribution in [0.4, 0.5) is 11.4 Å². The molecule has 0 aliphatic carbocycles. The summed E-state index contributed by atoms with van der Waals surface area (Å²) in [6, 6.07) is 22.2. The third-order valence-electron chi connectivity index (χ3n) is 6.09. The molecule has 0 fully saturated rings. The number of para-hydroxylation sites is 1. The van der Waals surface area contributed by atoms with Gasteiger partial charge in [-0.3, -0.25) is 24.3 Å². The van der Waals surface area contributed by atoms with Crippen molar-refractivity contribution < 1.29 is 9.72 Å². The molecule has 3 aromatic carbocycles. The molecule has 1 amide bonds. The highest BCUT2D eigenvalue weighted by Crippen LogP contribution is 2.31. The van der Waals surface area contributed by atoms with Crippen molar-refractivity contribution in [1.82, 2.24) is 4.57 Å². The van der Waals surface area contributed by atoms with Gasteiger partial charge in [-0.15, -0.1) is 0 Å². The molecule has 184 valence electrons. The first-order valence-electron chi connectivity index (χ1n) is 11.5. The number of anilines is 1. The molecule has 8 nitrogen and oxygen atoms in total. The third-order valence-corrected chi connectivity index (χ3v) is 7.08. The van der Waals surface area contributed by atoms with Gasteiger partial charge in [0.05, 0.1) is 26.8 Å². The summed E-state index contributed by atoms with van der Waals surface area (Å²) < 4.78 is 1.97. The number of nitrogens with zero attached hydrogens (tertiary/aromatic N) is 3. The predicted molar refractivity (Wildman–Crippen MR) is 143 cm³/mol. The number of carbonyl (C=O) groups excluding carboxylic acids is 1. The number of nitrogens with one attached hydrogen (secondary N) is 1. The molecule has 1 N–H and O–H groups in total. The van der Waals surface area contributed by atoms with E-state index in [2.05, 4.69) is 10.3 Å². The largest absolute Gasteiger partial charge is 0.322 e. The van der Waals surface area contributed by atoms with E-state index in [-0.39, 0.29) is 17.2 Å². The number of fused-ring (bicyclic) bond motifs is 1. The van der Waals surface area contributed by atoms with Crippen molar-refractivity contribution in [2.45, 2.75) is 19.9 Å². The lowest BCUT2D eigenvalue weighted by Crippen LogP contribution is -2.40. The van der Waals surface area contributed by atoms with Crippen LogP contribution in [0, 0.1) is 17.0 Å². The molecule has 2 heterocycles. The van der Waals surface area contributed by atoms with Crippen molar-refractivity contribution in [2.75, 3.05) is 5.32 Å². The van der Waals surface area contributed by atoms with Gasteiger partial charge in [0, 0.05) is 17.8 Å². The number of allylic oxidation sites excluding steroid dienone is 1. The summed E-state index contributed by atoms with van der Waals surface area (Å²) in [7, 11) is 0. The van der Waals surface area contributed by atoms with Crippen LogP contribution in [0.1, 0.15) is 29.7 Å². The molecule has 1 atom stereocenters. The first-order chi connectivity index (χ1) is 17.8. The molecule has 9 heteroatoms. The highest BCUT2D eigenvalue weighted by molar-refractivity contribution is 7.07. The highest BCUT2D eigenvalue weighted by atomic mass is 32.1. The van der Waals surface area contributed by atoms with E-state index in [0.29, 0.717) is 31.9 Å². The number of amides is 1. The van der Waals surface area contributed by atoms with E-state index in [0.717, 1.165) is 11.1 Å². The Morgan fingerprint density at radius 2 is 1.70 bits per heavy atom. The Morgan fingerprint density at radius 3 is 2.35 bits per heavy atom. The minimum absolute atomic E-state index is 0.0253. The number of aryl methyl sites for hydroxylation is 1. The standard InChI is InChI=1S/C28H22N4O4S/c1-17-8-12-20(13-9-17)25-24(26(33)30-21-6-4-3-5-7-21)18(2)29-28-31(25)27(34)23(37-28)16-19-10-14-22(15-11-19)32(35)36/h3-16,25H,1-2H3,(H,30,33)/b23-16+/t25-/m0/s1. The monoisotopic (exact) mass is 510 g/mol. The fourth-order valence-corrected chi connectivity index (χ4v) is 5.29. The van der Waals surface area contributed by atoms with Crippen LogP contribution < -0.4 is 20.2 Å². The van der Waals surface area contributed by atoms with Crippen LogP contribution >= 0.6 is 11.3 Å². The summed E-state index contributed by atoms with van der Waals surface area (Å²) in [5.41, 5.74) is 3.76. The molecular formula is C28H22N4O4S. The van der Waals surface area contributed by atoms with Gasteiger partial charge in [-0.2, -0.15) is 0 Å². The van der Waals surface area contributed by atoms with E-state index < -0.39 is 11.0 Å². The second kappa shape index (κ2) is 9.79. The van der Waals surface area contributed by atoms with Crippen LogP contribution in [0.25, 0.3) is 6.08 Å². The van der Waals surface area contributed by atoms with Crippen molar-refractivity contribution >= 4 is 34.7 Å². The first-order valence-corrected chi connectivity index (χ1v) is 12.3. The first kappa shape index (κ1) is 24.1. The molecular weight excluding hydrogens is 488 g/mol. The molecule has 1 aliphatic rings. The molecule has 0 unspecified atom stereocenters. The maximum absolute atomic E-state index is 13.7. The predicted octanol–water partition coefficient (Wildman–Crippen LogP) is 4.09. The van der Waals surface area contributed by atoms with Crippen molar-refractivity contribution in [2.24, 2.45) is 4.99 Å². The average molecular weight is 511 g/mol. The summed E-state index contributed by atoms with van der Waals surface area (Å²) in [5.74, 6) is -0.331. The van der Waals surface area contributed by atoms with E-state index in [1.165, 1.54) is 23.5 Å². The number of benzene rings is 3. The van der Waals surface area contributed by atoms with Gasteiger partial charge in [0.15, 0.2) is 4.80 Å². The van der Waals surface area contributed by atoms with Crippen LogP contribution in [-0.2, 0) is 4.79 Å². The minimum Gasteiger partial charge on any atom is -0.322 e. The highest BCUT2D eigenvalue weighted by Gasteiger charge is 2.32. The second-order valence-corrected chi connectivity index (χ2v) is 9.67. The van der Waals surface area contributed by atoms with E-state index in [4.69, 9.17) is 0 Å². The van der Waals surface area contributed by atoms with Gasteiger partial charge in [0.25, 0.3) is 17.2 Å². The number of thiazole rings is 1. The number of nitro groups is 1. The lowest BCUT2D eigenvalue weighted by Gasteiger charge is -2.25. The number of hydrogen-bond acceptors (Lipinski definition) is 6. The van der Waals surface area contributed by atoms with E-state index >= 15 is 0 Å². The zero-order valence-corrected chi connectivity index (χ0v) is 20.9. The molecule has 37 heavy (non-hydrogen) atoms. The van der Waals surface area contributed by atoms with Crippen molar-refractivity contribution in [3.8, 4) is 0 Å². The van der Waals surface area contributed by atoms with Crippen LogP contribution in [0.3, 0.4) is 0 Å². The zero-order chi connectivity index (χ0) is 26.1. The number of aromatic nitrogens is 1. The molecule has 0 spiro atoms. The lowest BCUT2D eigenvalue weighted by molar-refractivity contribution is -0.384. The number of nitro benzene ring substituents is 1. The summed E-state index contributed by atoms with van der Waals surface area (Å²) >= 11 is 1.22. The number of carbonyl (C=O) groups is 1. The smallest absolute Gasteiger partial charge is 0.271 e. The lowest BCUT2D eigenvalue weighted by atomic mass is 9.94. The molecule has 0 radical (unpaired) electrons. The summed E-state index contributed by atoms with van der Waals surface area (Å²) in [5, 5.41) is 13.9.